The molecule has 0 aliphatic rings. The third kappa shape index (κ3) is 10.8. The fourth-order valence-corrected chi connectivity index (χ4v) is 1.61. The number of benzene rings is 1. The van der Waals surface area contributed by atoms with Gasteiger partial charge < -0.3 is 18.9 Å². The van der Waals surface area contributed by atoms with Crippen molar-refractivity contribution in [2.45, 2.75) is 6.92 Å². The van der Waals surface area contributed by atoms with Crippen molar-refractivity contribution >= 4 is 30.4 Å². The predicted molar refractivity (Wildman–Crippen MR) is 101 cm³/mol. The second-order valence-corrected chi connectivity index (χ2v) is 4.88. The summed E-state index contributed by atoms with van der Waals surface area (Å²) in [6.45, 7) is 4.81. The molecule has 0 spiro atoms. The van der Waals surface area contributed by atoms with Gasteiger partial charge in [0, 0.05) is 0 Å². The summed E-state index contributed by atoms with van der Waals surface area (Å²) in [6, 6.07) is 6.26. The highest BCUT2D eigenvalue weighted by molar-refractivity contribution is 5.75. The van der Waals surface area contributed by atoms with Crippen LogP contribution in [0.25, 0.3) is 6.08 Å². The van der Waals surface area contributed by atoms with Crippen molar-refractivity contribution in [2.75, 3.05) is 19.8 Å². The van der Waals surface area contributed by atoms with E-state index in [4.69, 9.17) is 9.47 Å². The van der Waals surface area contributed by atoms with E-state index in [1.165, 1.54) is 24.3 Å². The Bertz CT molecular complexity index is 863. The summed E-state index contributed by atoms with van der Waals surface area (Å²) >= 11 is 0. The highest BCUT2D eigenvalue weighted by Crippen LogP contribution is 2.15. The molecule has 1 aromatic carbocycles. The molecule has 0 atom stereocenters. The molecule has 4 amide bonds. The Morgan fingerprint density at radius 3 is 2.13 bits per heavy atom. The lowest BCUT2D eigenvalue weighted by atomic mass is 10.2. The van der Waals surface area contributed by atoms with E-state index in [9.17, 15) is 19.2 Å². The first-order chi connectivity index (χ1) is 14.4. The first kappa shape index (κ1) is 23.8. The quantitative estimate of drug-likeness (QED) is 0.350. The van der Waals surface area contributed by atoms with E-state index < -0.39 is 24.4 Å². The summed E-state index contributed by atoms with van der Waals surface area (Å²) in [5, 5.41) is 12.1. The van der Waals surface area contributed by atoms with Crippen LogP contribution in [0.2, 0.25) is 0 Å². The highest BCUT2D eigenvalue weighted by Gasteiger charge is 2.06. The minimum absolute atomic E-state index is 0.0573. The summed E-state index contributed by atoms with van der Waals surface area (Å²) in [4.78, 5) is 44.8. The summed E-state index contributed by atoms with van der Waals surface area (Å²) in [6.07, 6.45) is 0.148. The van der Waals surface area contributed by atoms with E-state index >= 15 is 0 Å². The maximum atomic E-state index is 11.5. The van der Waals surface area contributed by atoms with Gasteiger partial charge in [-0.05, 0) is 30.7 Å². The molecular weight excluding hydrogens is 400 g/mol. The second-order valence-electron chi connectivity index (χ2n) is 4.88. The van der Waals surface area contributed by atoms with Crippen molar-refractivity contribution in [2.24, 2.45) is 20.5 Å². The van der Waals surface area contributed by atoms with Crippen LogP contribution in [0.15, 0.2) is 63.5 Å². The molecule has 1 aromatic rings. The number of azo groups is 2. The Morgan fingerprint density at radius 1 is 0.900 bits per heavy atom. The molecule has 0 saturated heterocycles. The van der Waals surface area contributed by atoms with Crippen molar-refractivity contribution in [3.8, 4) is 5.75 Å². The van der Waals surface area contributed by atoms with Gasteiger partial charge in [-0.1, -0.05) is 51.3 Å². The Labute approximate surface area is 170 Å². The lowest BCUT2D eigenvalue weighted by Gasteiger charge is -2.01. The number of carbonyl (C=O) groups is 4. The molecule has 0 heterocycles. The largest absolute Gasteiger partial charge is 0.458 e. The standard InChI is InChI=1S/C18H18N4O8/c1-3-10-28-16(24)20-21-17(25)29-11-6-8-13-7-5-9-14(12-13)30-18(26)22-19-15(23)27-4-2/h3,5-9,12H,1,4,10-11H2,2H3/b8-6+,21-20+,22-19+. The molecule has 0 saturated carbocycles. The Balaban J connectivity index is 2.48. The maximum Gasteiger partial charge on any atom is 0.458 e. The van der Waals surface area contributed by atoms with Gasteiger partial charge in [0.15, 0.2) is 0 Å². The fourth-order valence-electron chi connectivity index (χ4n) is 1.61. The van der Waals surface area contributed by atoms with E-state index in [0.717, 1.165) is 0 Å². The first-order valence-electron chi connectivity index (χ1n) is 8.37. The second kappa shape index (κ2) is 13.9. The molecule has 0 aliphatic carbocycles. The molecule has 12 nitrogen and oxygen atoms in total. The average Bonchev–Trinajstić information content (AvgIpc) is 2.73. The van der Waals surface area contributed by atoms with E-state index in [1.807, 2.05) is 0 Å². The monoisotopic (exact) mass is 418 g/mol. The fraction of sp³-hybridized carbons (Fsp3) is 0.222. The van der Waals surface area contributed by atoms with Crippen molar-refractivity contribution in [1.82, 2.24) is 0 Å². The number of hydrogen-bond acceptors (Lipinski definition) is 8. The zero-order valence-corrected chi connectivity index (χ0v) is 15.9. The van der Waals surface area contributed by atoms with Gasteiger partial charge in [-0.2, -0.15) is 0 Å². The van der Waals surface area contributed by atoms with Crippen LogP contribution in [0.5, 0.6) is 5.75 Å². The SMILES string of the molecule is C=CCOC(=O)/N=N/C(=O)OC/C=C/c1cccc(OC(=O)/N=N/C(=O)OCC)c1. The minimum Gasteiger partial charge on any atom is -0.447 e. The number of carbonyl (C=O) groups excluding carboxylic acids is 4. The summed E-state index contributed by atoms with van der Waals surface area (Å²) < 4.78 is 18.6. The zero-order chi connectivity index (χ0) is 22.2. The molecular formula is C18H18N4O8. The minimum atomic E-state index is -1.10. The lowest BCUT2D eigenvalue weighted by molar-refractivity contribution is 0.158. The van der Waals surface area contributed by atoms with Gasteiger partial charge in [-0.3, -0.25) is 0 Å². The molecule has 0 aliphatic heterocycles. The van der Waals surface area contributed by atoms with Gasteiger partial charge >= 0.3 is 24.4 Å². The van der Waals surface area contributed by atoms with Crippen molar-refractivity contribution in [1.29, 1.82) is 0 Å². The van der Waals surface area contributed by atoms with Crippen molar-refractivity contribution in [3.63, 3.8) is 0 Å². The van der Waals surface area contributed by atoms with Crippen LogP contribution in [0.3, 0.4) is 0 Å². The Hall–Kier alpha value is -4.22. The van der Waals surface area contributed by atoms with Gasteiger partial charge in [0.05, 0.1) is 6.61 Å². The first-order valence-corrected chi connectivity index (χ1v) is 8.37. The van der Waals surface area contributed by atoms with E-state index in [1.54, 1.807) is 25.1 Å². The van der Waals surface area contributed by atoms with Crippen molar-refractivity contribution < 1.29 is 38.1 Å². The van der Waals surface area contributed by atoms with E-state index in [2.05, 4.69) is 36.5 Å². The number of amides is 4. The predicted octanol–water partition coefficient (Wildman–Crippen LogP) is 4.72. The molecule has 30 heavy (non-hydrogen) atoms. The average molecular weight is 418 g/mol. The maximum absolute atomic E-state index is 11.5. The third-order valence-corrected chi connectivity index (χ3v) is 2.70. The molecule has 0 aromatic heterocycles. The molecule has 0 radical (unpaired) electrons. The smallest absolute Gasteiger partial charge is 0.447 e. The molecule has 158 valence electrons. The molecule has 12 heteroatoms. The molecule has 0 bridgehead atoms. The van der Waals surface area contributed by atoms with Gasteiger partial charge in [0.1, 0.15) is 19.0 Å². The third-order valence-electron chi connectivity index (χ3n) is 2.70. The van der Waals surface area contributed by atoms with Gasteiger partial charge in [-0.15, -0.1) is 0 Å². The Morgan fingerprint density at radius 2 is 1.50 bits per heavy atom. The zero-order valence-electron chi connectivity index (χ0n) is 15.9. The summed E-state index contributed by atoms with van der Waals surface area (Å²) in [5.41, 5.74) is 0.605. The molecule has 0 N–H and O–H groups in total. The van der Waals surface area contributed by atoms with Crippen LogP contribution in [-0.4, -0.2) is 44.2 Å². The number of hydrogen-bond donors (Lipinski definition) is 0. The highest BCUT2D eigenvalue weighted by atomic mass is 16.6. The summed E-state index contributed by atoms with van der Waals surface area (Å²) in [7, 11) is 0. The number of rotatable bonds is 7. The topological polar surface area (TPSA) is 155 Å². The molecule has 0 unspecified atom stereocenters. The van der Waals surface area contributed by atoms with Gasteiger partial charge in [0.2, 0.25) is 0 Å². The Kier molecular flexibility index (Phi) is 11.0. The summed E-state index contributed by atoms with van der Waals surface area (Å²) in [5.74, 6) is 0.147. The molecule has 1 rings (SSSR count). The van der Waals surface area contributed by atoms with E-state index in [0.29, 0.717) is 5.56 Å². The molecule has 0 fully saturated rings. The van der Waals surface area contributed by atoms with Crippen molar-refractivity contribution in [3.05, 3.63) is 48.6 Å². The van der Waals surface area contributed by atoms with Gasteiger partial charge in [0.25, 0.3) is 0 Å². The van der Waals surface area contributed by atoms with Crippen LogP contribution < -0.4 is 4.74 Å². The number of ether oxygens (including phenoxy) is 4. The number of nitrogens with zero attached hydrogens (tertiary/aromatic N) is 4. The van der Waals surface area contributed by atoms with Crippen LogP contribution in [-0.2, 0) is 14.2 Å². The van der Waals surface area contributed by atoms with Crippen LogP contribution >= 0.6 is 0 Å². The van der Waals surface area contributed by atoms with Crippen LogP contribution in [0, 0.1) is 0 Å². The normalized spacial score (nSPS) is 10.8. The van der Waals surface area contributed by atoms with Crippen LogP contribution in [0.1, 0.15) is 12.5 Å². The van der Waals surface area contributed by atoms with Gasteiger partial charge in [-0.25, -0.2) is 19.2 Å². The van der Waals surface area contributed by atoms with Crippen LogP contribution in [0.4, 0.5) is 19.2 Å². The lowest BCUT2D eigenvalue weighted by Crippen LogP contribution is -2.03. The van der Waals surface area contributed by atoms with E-state index in [-0.39, 0.29) is 25.6 Å².